The fraction of sp³-hybridized carbons (Fsp3) is 0.462. The highest BCUT2D eigenvalue weighted by Crippen LogP contribution is 2.48. The zero-order chi connectivity index (χ0) is 11.4. The van der Waals surface area contributed by atoms with E-state index in [-0.39, 0.29) is 5.41 Å². The maximum Gasteiger partial charge on any atom is 0.119 e. The molecule has 0 aromatic heterocycles. The predicted molar refractivity (Wildman–Crippen MR) is 60.4 cm³/mol. The van der Waals surface area contributed by atoms with E-state index >= 15 is 0 Å². The Balaban J connectivity index is 1.88. The molecule has 0 bridgehead atoms. The fourth-order valence-electron chi connectivity index (χ4n) is 1.63. The largest absolute Gasteiger partial charge is 0.497 e. The summed E-state index contributed by atoms with van der Waals surface area (Å²) in [6, 6.07) is 9.75. The van der Waals surface area contributed by atoms with Gasteiger partial charge in [0.15, 0.2) is 0 Å². The Morgan fingerprint density at radius 1 is 1.25 bits per heavy atom. The van der Waals surface area contributed by atoms with Gasteiger partial charge in [-0.3, -0.25) is 0 Å². The average Bonchev–Trinajstić information content (AvgIpc) is 3.08. The second-order valence-electron chi connectivity index (χ2n) is 4.30. The van der Waals surface area contributed by atoms with Gasteiger partial charge in [0.2, 0.25) is 0 Å². The molecule has 1 fully saturated rings. The molecule has 3 heteroatoms. The van der Waals surface area contributed by atoms with Crippen molar-refractivity contribution >= 4 is 0 Å². The number of hydrogen-bond acceptors (Lipinski definition) is 3. The summed E-state index contributed by atoms with van der Waals surface area (Å²) in [7, 11) is 1.64. The van der Waals surface area contributed by atoms with Gasteiger partial charge in [0.25, 0.3) is 0 Å². The summed E-state index contributed by atoms with van der Waals surface area (Å²) in [6.45, 7) is 0.646. The molecule has 3 nitrogen and oxygen atoms in total. The van der Waals surface area contributed by atoms with Gasteiger partial charge in [0, 0.05) is 11.8 Å². The highest BCUT2D eigenvalue weighted by molar-refractivity contribution is 5.31. The Morgan fingerprint density at radius 2 is 1.88 bits per heavy atom. The summed E-state index contributed by atoms with van der Waals surface area (Å²) in [6.07, 6.45) is 2.82. The Labute approximate surface area is 95.6 Å². The molecule has 2 rings (SSSR count). The molecule has 0 unspecified atom stereocenters. The quantitative estimate of drug-likeness (QED) is 0.761. The molecule has 0 atom stereocenters. The molecule has 1 aromatic rings. The van der Waals surface area contributed by atoms with Crippen LogP contribution in [0.1, 0.15) is 19.3 Å². The molecular formula is C13H15NO2. The molecule has 0 heterocycles. The van der Waals surface area contributed by atoms with Crippen LogP contribution in [-0.2, 0) is 0 Å². The highest BCUT2D eigenvalue weighted by Gasteiger charge is 2.43. The van der Waals surface area contributed by atoms with Crippen LogP contribution in [0.5, 0.6) is 11.5 Å². The van der Waals surface area contributed by atoms with Crippen LogP contribution in [-0.4, -0.2) is 13.7 Å². The summed E-state index contributed by atoms with van der Waals surface area (Å²) < 4.78 is 10.7. The number of hydrogen-bond donors (Lipinski definition) is 0. The van der Waals surface area contributed by atoms with Crippen molar-refractivity contribution in [3.8, 4) is 17.6 Å². The Kier molecular flexibility index (Phi) is 3.00. The molecular weight excluding hydrogens is 202 g/mol. The van der Waals surface area contributed by atoms with Crippen LogP contribution in [0.2, 0.25) is 0 Å². The molecule has 0 N–H and O–H groups in total. The van der Waals surface area contributed by atoms with E-state index in [0.717, 1.165) is 24.3 Å². The molecule has 1 aliphatic carbocycles. The molecule has 1 aliphatic rings. The summed E-state index contributed by atoms with van der Waals surface area (Å²) in [5.41, 5.74) is 0.134. The third-order valence-electron chi connectivity index (χ3n) is 3.02. The van der Waals surface area contributed by atoms with Gasteiger partial charge in [-0.15, -0.1) is 0 Å². The molecule has 0 radical (unpaired) electrons. The van der Waals surface area contributed by atoms with Gasteiger partial charge >= 0.3 is 0 Å². The van der Waals surface area contributed by atoms with E-state index < -0.39 is 0 Å². The monoisotopic (exact) mass is 217 g/mol. The van der Waals surface area contributed by atoms with Crippen molar-refractivity contribution in [1.82, 2.24) is 0 Å². The molecule has 16 heavy (non-hydrogen) atoms. The lowest BCUT2D eigenvalue weighted by atomic mass is 10.1. The first kappa shape index (κ1) is 10.8. The summed E-state index contributed by atoms with van der Waals surface area (Å²) in [4.78, 5) is 0. The minimum absolute atomic E-state index is 0.134. The van der Waals surface area contributed by atoms with Gasteiger partial charge in [-0.25, -0.2) is 0 Å². The molecule has 1 saturated carbocycles. The smallest absolute Gasteiger partial charge is 0.119 e. The van der Waals surface area contributed by atoms with Crippen molar-refractivity contribution in [2.45, 2.75) is 19.3 Å². The summed E-state index contributed by atoms with van der Waals surface area (Å²) >= 11 is 0. The third-order valence-corrected chi connectivity index (χ3v) is 3.02. The van der Waals surface area contributed by atoms with E-state index in [1.807, 2.05) is 24.3 Å². The van der Waals surface area contributed by atoms with Gasteiger partial charge in [-0.1, -0.05) is 0 Å². The highest BCUT2D eigenvalue weighted by atomic mass is 16.5. The molecule has 0 aliphatic heterocycles. The zero-order valence-electron chi connectivity index (χ0n) is 9.40. The first-order valence-corrected chi connectivity index (χ1v) is 5.42. The first-order chi connectivity index (χ1) is 7.78. The molecule has 0 spiro atoms. The van der Waals surface area contributed by atoms with Crippen LogP contribution >= 0.6 is 0 Å². The zero-order valence-corrected chi connectivity index (χ0v) is 9.40. The van der Waals surface area contributed by atoms with Crippen LogP contribution in [0.3, 0.4) is 0 Å². The van der Waals surface area contributed by atoms with Crippen molar-refractivity contribution in [2.24, 2.45) is 5.41 Å². The predicted octanol–water partition coefficient (Wildman–Crippen LogP) is 2.77. The second-order valence-corrected chi connectivity index (χ2v) is 4.30. The van der Waals surface area contributed by atoms with E-state index in [2.05, 4.69) is 6.07 Å². The number of benzene rings is 1. The van der Waals surface area contributed by atoms with Crippen LogP contribution in [0.4, 0.5) is 0 Å². The average molecular weight is 217 g/mol. The number of nitrogens with zero attached hydrogens (tertiary/aromatic N) is 1. The second kappa shape index (κ2) is 4.44. The molecule has 84 valence electrons. The maximum atomic E-state index is 8.69. The Morgan fingerprint density at radius 3 is 2.38 bits per heavy atom. The van der Waals surface area contributed by atoms with Crippen molar-refractivity contribution < 1.29 is 9.47 Å². The number of rotatable bonds is 5. The van der Waals surface area contributed by atoms with Crippen molar-refractivity contribution in [3.05, 3.63) is 24.3 Å². The standard InChI is InChI=1S/C13H15NO2/c1-15-11-2-4-12(5-3-11)16-10-13(6-7-13)8-9-14/h2-5H,6-8,10H2,1H3. The van der Waals surface area contributed by atoms with Gasteiger partial charge in [-0.05, 0) is 37.1 Å². The number of nitriles is 1. The van der Waals surface area contributed by atoms with Gasteiger partial charge in [-0.2, -0.15) is 5.26 Å². The normalized spacial score (nSPS) is 16.2. The van der Waals surface area contributed by atoms with Crippen LogP contribution in [0.25, 0.3) is 0 Å². The first-order valence-electron chi connectivity index (χ1n) is 5.42. The lowest BCUT2D eigenvalue weighted by Gasteiger charge is -2.12. The minimum Gasteiger partial charge on any atom is -0.497 e. The molecule has 0 amide bonds. The maximum absolute atomic E-state index is 8.69. The minimum atomic E-state index is 0.134. The Bertz CT molecular complexity index is 387. The Hall–Kier alpha value is -1.69. The van der Waals surface area contributed by atoms with E-state index in [9.17, 15) is 0 Å². The molecule has 1 aromatic carbocycles. The lowest BCUT2D eigenvalue weighted by Crippen LogP contribution is -2.12. The van der Waals surface area contributed by atoms with Crippen LogP contribution in [0.15, 0.2) is 24.3 Å². The fourth-order valence-corrected chi connectivity index (χ4v) is 1.63. The van der Waals surface area contributed by atoms with E-state index in [0.29, 0.717) is 13.0 Å². The van der Waals surface area contributed by atoms with Crippen molar-refractivity contribution in [2.75, 3.05) is 13.7 Å². The van der Waals surface area contributed by atoms with E-state index in [1.165, 1.54) is 0 Å². The van der Waals surface area contributed by atoms with Crippen LogP contribution in [0, 0.1) is 16.7 Å². The van der Waals surface area contributed by atoms with Gasteiger partial charge in [0.1, 0.15) is 11.5 Å². The van der Waals surface area contributed by atoms with E-state index in [1.54, 1.807) is 7.11 Å². The third kappa shape index (κ3) is 2.46. The van der Waals surface area contributed by atoms with Gasteiger partial charge < -0.3 is 9.47 Å². The van der Waals surface area contributed by atoms with Crippen molar-refractivity contribution in [3.63, 3.8) is 0 Å². The SMILES string of the molecule is COc1ccc(OCC2(CC#N)CC2)cc1. The molecule has 0 saturated heterocycles. The topological polar surface area (TPSA) is 42.2 Å². The van der Waals surface area contributed by atoms with Gasteiger partial charge in [0.05, 0.1) is 19.8 Å². The number of methoxy groups -OCH3 is 1. The van der Waals surface area contributed by atoms with Crippen molar-refractivity contribution in [1.29, 1.82) is 5.26 Å². The summed E-state index contributed by atoms with van der Waals surface area (Å²) in [5, 5.41) is 8.69. The number of ether oxygens (including phenoxy) is 2. The van der Waals surface area contributed by atoms with E-state index in [4.69, 9.17) is 14.7 Å². The van der Waals surface area contributed by atoms with Crippen LogP contribution < -0.4 is 9.47 Å². The summed E-state index contributed by atoms with van der Waals surface area (Å²) in [5.74, 6) is 1.66. The lowest BCUT2D eigenvalue weighted by molar-refractivity contribution is 0.236.